The molecular formula is C14H20O8. The van der Waals surface area contributed by atoms with Crippen molar-refractivity contribution in [1.29, 1.82) is 0 Å². The molecule has 0 saturated carbocycles. The van der Waals surface area contributed by atoms with Crippen LogP contribution < -0.4 is 4.74 Å². The summed E-state index contributed by atoms with van der Waals surface area (Å²) < 4.78 is 10.1. The fraction of sp³-hybridized carbons (Fsp3) is 0.500. The predicted octanol–water partition coefficient (Wildman–Crippen LogP) is -1.44. The van der Waals surface area contributed by atoms with Crippen LogP contribution in [0, 0.1) is 0 Å². The highest BCUT2D eigenvalue weighted by Crippen LogP contribution is 2.26. The summed E-state index contributed by atoms with van der Waals surface area (Å²) in [5, 5.41) is 47.1. The van der Waals surface area contributed by atoms with E-state index in [9.17, 15) is 25.2 Å². The fourth-order valence-corrected chi connectivity index (χ4v) is 1.72. The number of carbonyl (C=O) groups excluding carboxylic acids is 1. The summed E-state index contributed by atoms with van der Waals surface area (Å²) >= 11 is 0. The minimum absolute atomic E-state index is 0.0207. The van der Waals surface area contributed by atoms with Crippen molar-refractivity contribution in [2.24, 2.45) is 0 Å². The maximum absolute atomic E-state index is 10.3. The van der Waals surface area contributed by atoms with Gasteiger partial charge in [0.25, 0.3) is 0 Å². The number of carbonyl (C=O) groups is 1. The Morgan fingerprint density at radius 2 is 1.86 bits per heavy atom. The summed E-state index contributed by atoms with van der Waals surface area (Å²) in [6, 6.07) is 4.56. The number of phenolic OH excluding ortho intramolecular Hbond substituents is 1. The van der Waals surface area contributed by atoms with Crippen molar-refractivity contribution in [3.8, 4) is 11.5 Å². The quantitative estimate of drug-likeness (QED) is 0.349. The van der Waals surface area contributed by atoms with Crippen LogP contribution in [-0.2, 0) is 16.1 Å². The fourth-order valence-electron chi connectivity index (χ4n) is 1.72. The van der Waals surface area contributed by atoms with Crippen molar-refractivity contribution in [2.75, 3.05) is 13.7 Å². The summed E-state index contributed by atoms with van der Waals surface area (Å²) in [5.41, 5.74) is 0.657. The molecule has 124 valence electrons. The lowest BCUT2D eigenvalue weighted by atomic mass is 10.0. The lowest BCUT2D eigenvalue weighted by Gasteiger charge is -2.24. The monoisotopic (exact) mass is 316 g/mol. The average Bonchev–Trinajstić information content (AvgIpc) is 2.53. The standard InChI is InChI=1S/C14H20O8/c1-21-12-4-8(2-3-9(12)16)6-22-7-11(18)14(20)13(19)10(17)5-15/h2-5,10-11,13-14,16-20H,6-7H2,1H3/t10-,11+,13+,14+/m0/s1. The van der Waals surface area contributed by atoms with E-state index in [0.29, 0.717) is 5.56 Å². The highest BCUT2D eigenvalue weighted by Gasteiger charge is 2.30. The molecule has 0 saturated heterocycles. The Bertz CT molecular complexity index is 478. The molecule has 8 nitrogen and oxygen atoms in total. The highest BCUT2D eigenvalue weighted by molar-refractivity contribution is 5.56. The SMILES string of the molecule is COc1cc(COC[C@@H](O)[C@@H](O)[C@H](O)[C@@H](O)C=O)ccc1O. The van der Waals surface area contributed by atoms with Crippen molar-refractivity contribution in [3.05, 3.63) is 23.8 Å². The van der Waals surface area contributed by atoms with Crippen molar-refractivity contribution >= 4 is 6.29 Å². The van der Waals surface area contributed by atoms with E-state index >= 15 is 0 Å². The molecule has 0 radical (unpaired) electrons. The second kappa shape index (κ2) is 8.66. The first-order valence-electron chi connectivity index (χ1n) is 6.51. The largest absolute Gasteiger partial charge is 0.504 e. The van der Waals surface area contributed by atoms with Crippen LogP contribution in [0.25, 0.3) is 0 Å². The first-order valence-corrected chi connectivity index (χ1v) is 6.51. The van der Waals surface area contributed by atoms with E-state index in [1.165, 1.54) is 13.2 Å². The van der Waals surface area contributed by atoms with Crippen molar-refractivity contribution < 1.29 is 39.8 Å². The van der Waals surface area contributed by atoms with Gasteiger partial charge in [0.1, 0.15) is 24.4 Å². The van der Waals surface area contributed by atoms with Crippen LogP contribution in [0.1, 0.15) is 5.56 Å². The molecule has 0 unspecified atom stereocenters. The highest BCUT2D eigenvalue weighted by atomic mass is 16.5. The van der Waals surface area contributed by atoms with Crippen LogP contribution in [0.3, 0.4) is 0 Å². The molecule has 4 atom stereocenters. The van der Waals surface area contributed by atoms with E-state index in [0.717, 1.165) is 0 Å². The molecule has 0 fully saturated rings. The Kier molecular flexibility index (Phi) is 7.22. The van der Waals surface area contributed by atoms with E-state index in [4.69, 9.17) is 14.6 Å². The van der Waals surface area contributed by atoms with E-state index < -0.39 is 24.4 Å². The molecule has 0 aliphatic carbocycles. The van der Waals surface area contributed by atoms with Gasteiger partial charge in [-0.05, 0) is 17.7 Å². The van der Waals surface area contributed by atoms with Gasteiger partial charge in [0.2, 0.25) is 0 Å². The normalized spacial score (nSPS) is 16.6. The summed E-state index contributed by atoms with van der Waals surface area (Å²) in [5.74, 6) is 0.249. The molecule has 1 aromatic rings. The molecule has 0 aliphatic heterocycles. The summed E-state index contributed by atoms with van der Waals surface area (Å²) in [6.07, 6.45) is -6.74. The lowest BCUT2D eigenvalue weighted by molar-refractivity contribution is -0.139. The van der Waals surface area contributed by atoms with Gasteiger partial charge in [-0.25, -0.2) is 0 Å². The smallest absolute Gasteiger partial charge is 0.160 e. The number of phenols is 1. The Morgan fingerprint density at radius 3 is 2.45 bits per heavy atom. The second-order valence-electron chi connectivity index (χ2n) is 4.70. The van der Waals surface area contributed by atoms with Crippen LogP contribution in [0.5, 0.6) is 11.5 Å². The van der Waals surface area contributed by atoms with E-state index in [1.807, 2.05) is 0 Å². The molecular weight excluding hydrogens is 296 g/mol. The molecule has 22 heavy (non-hydrogen) atoms. The minimum atomic E-state index is -1.80. The van der Waals surface area contributed by atoms with Gasteiger partial charge in [-0.15, -0.1) is 0 Å². The maximum atomic E-state index is 10.3. The second-order valence-corrected chi connectivity index (χ2v) is 4.70. The van der Waals surface area contributed by atoms with Gasteiger partial charge >= 0.3 is 0 Å². The summed E-state index contributed by atoms with van der Waals surface area (Å²) in [4.78, 5) is 10.3. The third-order valence-corrected chi connectivity index (χ3v) is 3.03. The number of benzene rings is 1. The Labute approximate surface area is 127 Å². The van der Waals surface area contributed by atoms with Gasteiger partial charge < -0.3 is 39.8 Å². The number of ether oxygens (including phenoxy) is 2. The van der Waals surface area contributed by atoms with Gasteiger partial charge in [-0.1, -0.05) is 6.07 Å². The Balaban J connectivity index is 2.48. The van der Waals surface area contributed by atoms with Crippen molar-refractivity contribution in [2.45, 2.75) is 31.0 Å². The minimum Gasteiger partial charge on any atom is -0.504 e. The number of aliphatic hydroxyl groups is 4. The zero-order chi connectivity index (χ0) is 16.7. The molecule has 0 amide bonds. The third kappa shape index (κ3) is 4.93. The number of hydrogen-bond acceptors (Lipinski definition) is 8. The number of rotatable bonds is 9. The van der Waals surface area contributed by atoms with Crippen molar-refractivity contribution in [1.82, 2.24) is 0 Å². The number of methoxy groups -OCH3 is 1. The first kappa shape index (κ1) is 18.3. The maximum Gasteiger partial charge on any atom is 0.160 e. The van der Waals surface area contributed by atoms with Crippen molar-refractivity contribution in [3.63, 3.8) is 0 Å². The van der Waals surface area contributed by atoms with Crippen LogP contribution in [0.4, 0.5) is 0 Å². The molecule has 1 aromatic carbocycles. The van der Waals surface area contributed by atoms with Gasteiger partial charge in [0.05, 0.1) is 20.3 Å². The summed E-state index contributed by atoms with van der Waals surface area (Å²) in [7, 11) is 1.40. The Hall–Kier alpha value is -1.71. The van der Waals surface area contributed by atoms with Crippen LogP contribution in [-0.4, -0.2) is 70.0 Å². The van der Waals surface area contributed by atoms with E-state index in [2.05, 4.69) is 0 Å². The summed E-state index contributed by atoms with van der Waals surface area (Å²) in [6.45, 7) is -0.264. The molecule has 5 N–H and O–H groups in total. The first-order chi connectivity index (χ1) is 10.4. The topological polar surface area (TPSA) is 137 Å². The molecule has 0 bridgehead atoms. The van der Waals surface area contributed by atoms with Gasteiger partial charge in [0, 0.05) is 0 Å². The number of aldehydes is 1. The van der Waals surface area contributed by atoms with Gasteiger partial charge in [-0.2, -0.15) is 0 Å². The van der Waals surface area contributed by atoms with Crippen LogP contribution in [0.2, 0.25) is 0 Å². The van der Waals surface area contributed by atoms with E-state index in [1.54, 1.807) is 12.1 Å². The molecule has 1 rings (SSSR count). The zero-order valence-corrected chi connectivity index (χ0v) is 12.0. The molecule has 0 spiro atoms. The van der Waals surface area contributed by atoms with Gasteiger partial charge in [0.15, 0.2) is 17.8 Å². The molecule has 0 heterocycles. The van der Waals surface area contributed by atoms with E-state index in [-0.39, 0.29) is 31.0 Å². The number of aliphatic hydroxyl groups excluding tert-OH is 4. The Morgan fingerprint density at radius 1 is 1.18 bits per heavy atom. The lowest BCUT2D eigenvalue weighted by Crippen LogP contribution is -2.46. The molecule has 0 aromatic heterocycles. The number of aromatic hydroxyl groups is 1. The molecule has 0 aliphatic rings. The predicted molar refractivity (Wildman–Crippen MR) is 74.4 cm³/mol. The van der Waals surface area contributed by atoms with Crippen LogP contribution in [0.15, 0.2) is 18.2 Å². The third-order valence-electron chi connectivity index (χ3n) is 3.03. The zero-order valence-electron chi connectivity index (χ0n) is 12.0. The number of hydrogen-bond donors (Lipinski definition) is 5. The average molecular weight is 316 g/mol. The molecule has 8 heteroatoms. The van der Waals surface area contributed by atoms with Gasteiger partial charge in [-0.3, -0.25) is 0 Å². The van der Waals surface area contributed by atoms with Crippen LogP contribution >= 0.6 is 0 Å².